The number of hydrogen-bond acceptors (Lipinski definition) is 4. The van der Waals surface area contributed by atoms with Crippen molar-refractivity contribution in [2.75, 3.05) is 16.4 Å². The van der Waals surface area contributed by atoms with E-state index in [9.17, 15) is 5.11 Å². The molecule has 41 heavy (non-hydrogen) atoms. The lowest BCUT2D eigenvalue weighted by Crippen LogP contribution is -2.46. The summed E-state index contributed by atoms with van der Waals surface area (Å²) in [6.07, 6.45) is 28.3. The van der Waals surface area contributed by atoms with Crippen LogP contribution in [0.4, 0.5) is 11.4 Å². The fraction of sp³-hybridized carbons (Fsp3) is 0.750. The molecule has 0 radical (unpaired) electrons. The van der Waals surface area contributed by atoms with Crippen molar-refractivity contribution < 1.29 is 5.11 Å². The van der Waals surface area contributed by atoms with Crippen LogP contribution >= 0.6 is 12.4 Å². The molecule has 4 aliphatic rings. The summed E-state index contributed by atoms with van der Waals surface area (Å²) in [7, 11) is 0. The molecule has 1 N–H and O–H groups in total. The van der Waals surface area contributed by atoms with Gasteiger partial charge >= 0.3 is 0 Å². The summed E-state index contributed by atoms with van der Waals surface area (Å²) in [5, 5.41) is 11.8. The van der Waals surface area contributed by atoms with E-state index >= 15 is 0 Å². The molecule has 4 aliphatic carbocycles. The molecule has 0 saturated heterocycles. The van der Waals surface area contributed by atoms with Crippen molar-refractivity contribution in [3.8, 4) is 0 Å². The third-order valence-corrected chi connectivity index (χ3v) is 10.8. The molecule has 5 heteroatoms. The number of halogens is 1. The molecule has 4 nitrogen and oxygen atoms in total. The second kappa shape index (κ2) is 15.3. The van der Waals surface area contributed by atoms with E-state index in [0.29, 0.717) is 24.2 Å². The largest absolute Gasteiger partial charge is 0.394 e. The van der Waals surface area contributed by atoms with Crippen molar-refractivity contribution in [1.82, 2.24) is 0 Å². The highest BCUT2D eigenvalue weighted by Gasteiger charge is 2.42. The van der Waals surface area contributed by atoms with Gasteiger partial charge in [-0.05, 0) is 63.4 Å². The van der Waals surface area contributed by atoms with Crippen LogP contribution in [0.15, 0.2) is 35.3 Å². The Kier molecular flexibility index (Phi) is 11.5. The van der Waals surface area contributed by atoms with Gasteiger partial charge in [0.05, 0.1) is 24.0 Å². The van der Waals surface area contributed by atoms with E-state index in [4.69, 9.17) is 4.99 Å². The average Bonchev–Trinajstić information content (AvgIpc) is 3.71. The van der Waals surface area contributed by atoms with Gasteiger partial charge in [0.15, 0.2) is 0 Å². The number of benzene rings is 1. The molecule has 0 aromatic heterocycles. The quantitative estimate of drug-likeness (QED) is 0.306. The Labute approximate surface area is 256 Å². The minimum atomic E-state index is -0.0657. The van der Waals surface area contributed by atoms with Crippen molar-refractivity contribution in [2.24, 2.45) is 4.99 Å². The fourth-order valence-corrected chi connectivity index (χ4v) is 8.75. The molecule has 2 aromatic carbocycles. The minimum Gasteiger partial charge on any atom is -0.394 e. The van der Waals surface area contributed by atoms with E-state index in [0.717, 1.165) is 6.42 Å². The lowest BCUT2D eigenvalue weighted by Gasteiger charge is -2.44. The summed E-state index contributed by atoms with van der Waals surface area (Å²) in [5.74, 6) is 0. The Morgan fingerprint density at radius 2 is 0.951 bits per heavy atom. The molecular weight excluding hydrogens is 526 g/mol. The number of anilines is 2. The first-order chi connectivity index (χ1) is 19.8. The molecule has 0 amide bonds. The monoisotopic (exact) mass is 581 g/mol. The van der Waals surface area contributed by atoms with Crippen molar-refractivity contribution in [2.45, 2.75) is 165 Å². The Hall–Kier alpha value is -1.52. The van der Waals surface area contributed by atoms with E-state index in [2.05, 4.69) is 40.1 Å². The van der Waals surface area contributed by atoms with Gasteiger partial charge in [0, 0.05) is 24.2 Å². The normalized spacial score (nSPS) is 22.8. The molecule has 4 fully saturated rings. The standard InChI is InChI=1S/C36H55N3O.ClH/c40-27-29(26-28-16-6-1-7-17-28)37-34-35(38(30-18-8-2-9-19-30)31-20-10-3-11-21-31)36(34)39(32-22-12-4-13-23-32)33-24-14-5-15-25-33;/h1,6-7,16-17,29-33,40H,2-5,8-15,18-27H2;1H/t29-;/m0./s1. The summed E-state index contributed by atoms with van der Waals surface area (Å²) in [6, 6.07) is 13.3. The molecule has 228 valence electrons. The predicted octanol–water partition coefficient (Wildman–Crippen LogP) is 8.43. The molecule has 0 unspecified atom stereocenters. The van der Waals surface area contributed by atoms with Gasteiger partial charge in [-0.25, -0.2) is 0 Å². The van der Waals surface area contributed by atoms with Crippen LogP contribution in [0, 0.1) is 0 Å². The highest BCUT2D eigenvalue weighted by molar-refractivity contribution is 5.86. The molecule has 2 aromatic rings. The maximum atomic E-state index is 10.6. The van der Waals surface area contributed by atoms with E-state index in [1.807, 2.05) is 0 Å². The van der Waals surface area contributed by atoms with Gasteiger partial charge in [-0.15, -0.1) is 12.4 Å². The van der Waals surface area contributed by atoms with E-state index in [1.165, 1.54) is 151 Å². The van der Waals surface area contributed by atoms with Gasteiger partial charge in [0.25, 0.3) is 0 Å². The number of hydrogen-bond donors (Lipinski definition) is 1. The van der Waals surface area contributed by atoms with Gasteiger partial charge in [0.1, 0.15) is 5.36 Å². The summed E-state index contributed by atoms with van der Waals surface area (Å²) in [5.41, 5.74) is 4.34. The third-order valence-electron chi connectivity index (χ3n) is 10.8. The van der Waals surface area contributed by atoms with Crippen molar-refractivity contribution in [1.29, 1.82) is 0 Å². The van der Waals surface area contributed by atoms with Crippen LogP contribution < -0.4 is 15.2 Å². The molecule has 6 rings (SSSR count). The Morgan fingerprint density at radius 1 is 0.585 bits per heavy atom. The van der Waals surface area contributed by atoms with Crippen LogP contribution in [0.3, 0.4) is 0 Å². The maximum absolute atomic E-state index is 10.6. The first kappa shape index (κ1) is 30.9. The SMILES string of the molecule is Cl.OC[C@H](Cc1ccccc1)N=c1c(N(C2CCCCC2)C2CCCCC2)c1N(C1CCCCC1)C1CCCCC1. The highest BCUT2D eigenvalue weighted by atomic mass is 35.5. The van der Waals surface area contributed by atoms with Gasteiger partial charge in [-0.2, -0.15) is 0 Å². The smallest absolute Gasteiger partial charge is 0.109 e. The zero-order chi connectivity index (χ0) is 27.1. The molecule has 0 heterocycles. The number of aliphatic hydroxyl groups is 1. The lowest BCUT2D eigenvalue weighted by atomic mass is 9.88. The number of rotatable bonds is 10. The van der Waals surface area contributed by atoms with Gasteiger partial charge in [-0.3, -0.25) is 4.99 Å². The zero-order valence-electron chi connectivity index (χ0n) is 25.5. The Bertz CT molecular complexity index is 947. The van der Waals surface area contributed by atoms with E-state index in [1.54, 1.807) is 0 Å². The average molecular weight is 582 g/mol. The fourth-order valence-electron chi connectivity index (χ4n) is 8.75. The van der Waals surface area contributed by atoms with Crippen molar-refractivity contribution in [3.63, 3.8) is 0 Å². The van der Waals surface area contributed by atoms with Crippen LogP contribution in [0.25, 0.3) is 0 Å². The van der Waals surface area contributed by atoms with Crippen LogP contribution in [0.2, 0.25) is 0 Å². The zero-order valence-corrected chi connectivity index (χ0v) is 26.3. The molecular formula is C36H56ClN3O. The number of aliphatic hydroxyl groups excluding tert-OH is 1. The first-order valence-corrected chi connectivity index (χ1v) is 17.4. The minimum absolute atomic E-state index is 0. The predicted molar refractivity (Wildman–Crippen MR) is 175 cm³/mol. The Morgan fingerprint density at radius 3 is 1.29 bits per heavy atom. The summed E-state index contributed by atoms with van der Waals surface area (Å²) in [6.45, 7) is 0.124. The summed E-state index contributed by atoms with van der Waals surface area (Å²) in [4.78, 5) is 11.4. The van der Waals surface area contributed by atoms with Crippen LogP contribution in [0.1, 0.15) is 134 Å². The van der Waals surface area contributed by atoms with Gasteiger partial charge < -0.3 is 14.9 Å². The van der Waals surface area contributed by atoms with Gasteiger partial charge in [0.2, 0.25) is 0 Å². The summed E-state index contributed by atoms with van der Waals surface area (Å²) >= 11 is 0. The van der Waals surface area contributed by atoms with E-state index in [-0.39, 0.29) is 25.1 Å². The van der Waals surface area contributed by atoms with Crippen LogP contribution in [0.5, 0.6) is 0 Å². The second-order valence-corrected chi connectivity index (χ2v) is 13.7. The van der Waals surface area contributed by atoms with E-state index < -0.39 is 0 Å². The third kappa shape index (κ3) is 7.53. The molecule has 4 saturated carbocycles. The Balaban J connectivity index is 0.00000337. The molecule has 1 atom stereocenters. The highest BCUT2D eigenvalue weighted by Crippen LogP contribution is 2.45. The molecule has 0 spiro atoms. The van der Waals surface area contributed by atoms with Crippen molar-refractivity contribution in [3.05, 3.63) is 41.3 Å². The van der Waals surface area contributed by atoms with Gasteiger partial charge in [-0.1, -0.05) is 107 Å². The molecule has 0 bridgehead atoms. The maximum Gasteiger partial charge on any atom is 0.109 e. The van der Waals surface area contributed by atoms with Crippen molar-refractivity contribution >= 4 is 23.8 Å². The second-order valence-electron chi connectivity index (χ2n) is 13.7. The molecule has 0 aliphatic heterocycles. The van der Waals surface area contributed by atoms with Crippen LogP contribution in [-0.2, 0) is 6.42 Å². The first-order valence-electron chi connectivity index (χ1n) is 17.4. The topological polar surface area (TPSA) is 39.1 Å². The lowest BCUT2D eigenvalue weighted by molar-refractivity contribution is 0.264. The van der Waals surface area contributed by atoms with Crippen LogP contribution in [-0.4, -0.2) is 41.9 Å². The summed E-state index contributed by atoms with van der Waals surface area (Å²) < 4.78 is 0. The number of nitrogens with zero attached hydrogens (tertiary/aromatic N) is 3.